The average Bonchev–Trinajstić information content (AvgIpc) is 2.41. The van der Waals surface area contributed by atoms with Crippen LogP contribution in [0, 0.1) is 12.7 Å². The van der Waals surface area contributed by atoms with E-state index in [-0.39, 0.29) is 23.3 Å². The molecule has 0 radical (unpaired) electrons. The molecule has 0 heterocycles. The fourth-order valence-corrected chi connectivity index (χ4v) is 2.11. The van der Waals surface area contributed by atoms with Crippen molar-refractivity contribution >= 4 is 28.9 Å². The summed E-state index contributed by atoms with van der Waals surface area (Å²) in [6, 6.07) is 13.5. The van der Waals surface area contributed by atoms with E-state index in [0.717, 1.165) is 11.1 Å². The van der Waals surface area contributed by atoms with Crippen LogP contribution in [0.3, 0.4) is 0 Å². The van der Waals surface area contributed by atoms with Crippen molar-refractivity contribution in [2.24, 2.45) is 0 Å². The maximum atomic E-state index is 13.0. The smallest absolute Gasteiger partial charge is 0.230 e. The third-order valence-electron chi connectivity index (χ3n) is 2.95. The zero-order chi connectivity index (χ0) is 15.2. The van der Waals surface area contributed by atoms with E-state index in [4.69, 9.17) is 12.2 Å². The number of hydrogen-bond acceptors (Lipinski definition) is 2. The summed E-state index contributed by atoms with van der Waals surface area (Å²) >= 11 is 5.04. The van der Waals surface area contributed by atoms with Crippen molar-refractivity contribution in [3.63, 3.8) is 0 Å². The fraction of sp³-hybridized carbons (Fsp3) is 0.125. The average molecular weight is 302 g/mol. The second-order valence-corrected chi connectivity index (χ2v) is 5.02. The lowest BCUT2D eigenvalue weighted by atomic mass is 10.1. The van der Waals surface area contributed by atoms with E-state index in [1.54, 1.807) is 12.1 Å². The lowest BCUT2D eigenvalue weighted by Gasteiger charge is -2.10. The molecule has 2 N–H and O–H groups in total. The van der Waals surface area contributed by atoms with Crippen molar-refractivity contribution in [2.75, 3.05) is 5.32 Å². The normalized spacial score (nSPS) is 10.0. The van der Waals surface area contributed by atoms with Gasteiger partial charge in [-0.05, 0) is 48.5 Å². The molecule has 0 aliphatic carbocycles. The number of benzene rings is 2. The molecule has 0 aromatic heterocycles. The highest BCUT2D eigenvalue weighted by Crippen LogP contribution is 2.09. The third-order valence-corrected chi connectivity index (χ3v) is 3.15. The molecule has 5 heteroatoms. The van der Waals surface area contributed by atoms with Crippen molar-refractivity contribution in [3.8, 4) is 0 Å². The van der Waals surface area contributed by atoms with Crippen molar-refractivity contribution < 1.29 is 9.18 Å². The minimum Gasteiger partial charge on any atom is -0.332 e. The van der Waals surface area contributed by atoms with Crippen LogP contribution in [-0.4, -0.2) is 11.0 Å². The second kappa shape index (κ2) is 6.95. The van der Waals surface area contributed by atoms with Crippen molar-refractivity contribution in [1.82, 2.24) is 5.32 Å². The lowest BCUT2D eigenvalue weighted by molar-refractivity contribution is -0.119. The van der Waals surface area contributed by atoms with Gasteiger partial charge < -0.3 is 10.6 Å². The summed E-state index contributed by atoms with van der Waals surface area (Å²) < 4.78 is 13.0. The van der Waals surface area contributed by atoms with Gasteiger partial charge in [0.1, 0.15) is 5.82 Å². The molecule has 2 aromatic rings. The number of anilines is 1. The van der Waals surface area contributed by atoms with Crippen LogP contribution in [0.5, 0.6) is 0 Å². The van der Waals surface area contributed by atoms with Crippen LogP contribution in [-0.2, 0) is 11.2 Å². The molecular weight excluding hydrogens is 287 g/mol. The molecule has 0 saturated carbocycles. The highest BCUT2D eigenvalue weighted by molar-refractivity contribution is 7.80. The monoisotopic (exact) mass is 302 g/mol. The van der Waals surface area contributed by atoms with E-state index in [0.29, 0.717) is 5.69 Å². The Hall–Kier alpha value is -2.27. The Labute approximate surface area is 128 Å². The van der Waals surface area contributed by atoms with Gasteiger partial charge in [-0.3, -0.25) is 4.79 Å². The van der Waals surface area contributed by atoms with Crippen LogP contribution in [0.15, 0.2) is 48.5 Å². The van der Waals surface area contributed by atoms with E-state index < -0.39 is 0 Å². The number of aryl methyl sites for hydroxylation is 1. The molecule has 1 amide bonds. The van der Waals surface area contributed by atoms with Crippen LogP contribution in [0.1, 0.15) is 11.1 Å². The van der Waals surface area contributed by atoms with Crippen LogP contribution in [0.2, 0.25) is 0 Å². The van der Waals surface area contributed by atoms with E-state index >= 15 is 0 Å². The predicted molar refractivity (Wildman–Crippen MR) is 85.6 cm³/mol. The second-order valence-electron chi connectivity index (χ2n) is 4.62. The Balaban J connectivity index is 1.91. The van der Waals surface area contributed by atoms with Crippen molar-refractivity contribution in [2.45, 2.75) is 13.3 Å². The minimum absolute atomic E-state index is 0.152. The van der Waals surface area contributed by atoms with Gasteiger partial charge in [-0.15, -0.1) is 0 Å². The van der Waals surface area contributed by atoms with Crippen LogP contribution < -0.4 is 10.6 Å². The van der Waals surface area contributed by atoms with Gasteiger partial charge in [0.05, 0.1) is 6.42 Å². The summed E-state index contributed by atoms with van der Waals surface area (Å²) in [5, 5.41) is 5.51. The third kappa shape index (κ3) is 4.65. The zero-order valence-electron chi connectivity index (χ0n) is 11.5. The number of rotatable bonds is 3. The zero-order valence-corrected chi connectivity index (χ0v) is 12.3. The number of halogens is 1. The van der Waals surface area contributed by atoms with Crippen LogP contribution in [0.25, 0.3) is 0 Å². The first kappa shape index (κ1) is 15.1. The van der Waals surface area contributed by atoms with E-state index in [2.05, 4.69) is 10.6 Å². The first-order valence-corrected chi connectivity index (χ1v) is 6.86. The van der Waals surface area contributed by atoms with E-state index in [1.165, 1.54) is 12.1 Å². The molecule has 0 unspecified atom stereocenters. The molecule has 21 heavy (non-hydrogen) atoms. The molecule has 0 fully saturated rings. The summed E-state index contributed by atoms with van der Waals surface area (Å²) in [5.41, 5.74) is 2.50. The highest BCUT2D eigenvalue weighted by Gasteiger charge is 2.08. The molecule has 0 bridgehead atoms. The molecule has 0 saturated heterocycles. The van der Waals surface area contributed by atoms with Gasteiger partial charge in [-0.25, -0.2) is 4.39 Å². The van der Waals surface area contributed by atoms with Crippen LogP contribution >= 0.6 is 12.2 Å². The SMILES string of the molecule is Cc1ccccc1CC(=O)NC(=S)Nc1cccc(F)c1. The number of thiocarbonyl (C=S) groups is 1. The number of carbonyl (C=O) groups is 1. The van der Waals surface area contributed by atoms with Gasteiger partial charge in [0.2, 0.25) is 5.91 Å². The molecule has 0 aliphatic rings. The molecule has 2 rings (SSSR count). The summed E-state index contributed by atoms with van der Waals surface area (Å²) in [6.45, 7) is 1.95. The summed E-state index contributed by atoms with van der Waals surface area (Å²) in [5.74, 6) is -0.577. The summed E-state index contributed by atoms with van der Waals surface area (Å²) in [7, 11) is 0. The largest absolute Gasteiger partial charge is 0.332 e. The molecule has 3 nitrogen and oxygen atoms in total. The number of nitrogens with one attached hydrogen (secondary N) is 2. The van der Waals surface area contributed by atoms with Gasteiger partial charge in [0.25, 0.3) is 0 Å². The van der Waals surface area contributed by atoms with Crippen LogP contribution in [0.4, 0.5) is 10.1 Å². The van der Waals surface area contributed by atoms with E-state index in [9.17, 15) is 9.18 Å². The Kier molecular flexibility index (Phi) is 5.00. The number of carbonyl (C=O) groups excluding carboxylic acids is 1. The molecule has 2 aromatic carbocycles. The maximum absolute atomic E-state index is 13.0. The molecule has 0 spiro atoms. The van der Waals surface area contributed by atoms with Gasteiger partial charge in [0.15, 0.2) is 5.11 Å². The Morgan fingerprint density at radius 1 is 1.19 bits per heavy atom. The van der Waals surface area contributed by atoms with Gasteiger partial charge >= 0.3 is 0 Å². The Bertz CT molecular complexity index is 673. The van der Waals surface area contributed by atoms with Gasteiger partial charge in [-0.2, -0.15) is 0 Å². The first-order chi connectivity index (χ1) is 10.0. The predicted octanol–water partition coefficient (Wildman–Crippen LogP) is 3.19. The van der Waals surface area contributed by atoms with E-state index in [1.807, 2.05) is 31.2 Å². The van der Waals surface area contributed by atoms with Gasteiger partial charge in [0, 0.05) is 5.69 Å². The molecule has 0 aliphatic heterocycles. The Morgan fingerprint density at radius 2 is 1.95 bits per heavy atom. The molecule has 108 valence electrons. The number of hydrogen-bond donors (Lipinski definition) is 2. The Morgan fingerprint density at radius 3 is 2.67 bits per heavy atom. The lowest BCUT2D eigenvalue weighted by Crippen LogP contribution is -2.35. The highest BCUT2D eigenvalue weighted by atomic mass is 32.1. The summed E-state index contributed by atoms with van der Waals surface area (Å²) in [4.78, 5) is 11.9. The fourth-order valence-electron chi connectivity index (χ4n) is 1.88. The quantitative estimate of drug-likeness (QED) is 0.856. The van der Waals surface area contributed by atoms with Gasteiger partial charge in [-0.1, -0.05) is 30.3 Å². The maximum Gasteiger partial charge on any atom is 0.230 e. The molecular formula is C16H15FN2OS. The number of amides is 1. The molecule has 0 atom stereocenters. The topological polar surface area (TPSA) is 41.1 Å². The van der Waals surface area contributed by atoms with Crippen molar-refractivity contribution in [3.05, 3.63) is 65.5 Å². The standard InChI is InChI=1S/C16H15FN2OS/c1-11-5-2-3-6-12(11)9-15(20)19-16(21)18-14-8-4-7-13(17)10-14/h2-8,10H,9H2,1H3,(H2,18,19,20,21). The first-order valence-electron chi connectivity index (χ1n) is 6.45. The summed E-state index contributed by atoms with van der Waals surface area (Å²) in [6.07, 6.45) is 0.248. The van der Waals surface area contributed by atoms with Crippen molar-refractivity contribution in [1.29, 1.82) is 0 Å². The minimum atomic E-state index is -0.367.